The quantitative estimate of drug-likeness (QED) is 0.807. The molecular weight excluding hydrogens is 242 g/mol. The molecule has 4 heteroatoms. The van der Waals surface area contributed by atoms with E-state index in [-0.39, 0.29) is 0 Å². The highest BCUT2D eigenvalue weighted by atomic mass is 79.9. The summed E-state index contributed by atoms with van der Waals surface area (Å²) in [6, 6.07) is 5.95. The van der Waals surface area contributed by atoms with Crippen molar-refractivity contribution in [3.8, 4) is 0 Å². The summed E-state index contributed by atoms with van der Waals surface area (Å²) in [5.41, 5.74) is 7.78. The number of nitrogens with one attached hydrogen (secondary N) is 1. The number of likely N-dealkylation sites (N-methyl/N-ethyl adjacent to an activating group) is 2. The van der Waals surface area contributed by atoms with Gasteiger partial charge in [0.25, 0.3) is 0 Å². The zero-order valence-electron chi connectivity index (χ0n) is 8.55. The van der Waals surface area contributed by atoms with E-state index in [1.54, 1.807) is 0 Å². The topological polar surface area (TPSA) is 41.3 Å². The van der Waals surface area contributed by atoms with Crippen LogP contribution in [0.25, 0.3) is 0 Å². The van der Waals surface area contributed by atoms with Gasteiger partial charge >= 0.3 is 0 Å². The second kappa shape index (κ2) is 5.22. The molecule has 0 radical (unpaired) electrons. The van der Waals surface area contributed by atoms with Crippen molar-refractivity contribution < 1.29 is 0 Å². The van der Waals surface area contributed by atoms with Crippen molar-refractivity contribution in [2.75, 3.05) is 37.8 Å². The minimum Gasteiger partial charge on any atom is -0.397 e. The van der Waals surface area contributed by atoms with Gasteiger partial charge in [-0.1, -0.05) is 15.9 Å². The Hall–Kier alpha value is -0.740. The molecule has 0 unspecified atom stereocenters. The van der Waals surface area contributed by atoms with Gasteiger partial charge in [-0.3, -0.25) is 0 Å². The van der Waals surface area contributed by atoms with Crippen molar-refractivity contribution in [2.24, 2.45) is 0 Å². The van der Waals surface area contributed by atoms with Crippen LogP contribution in [0.5, 0.6) is 0 Å². The molecule has 3 N–H and O–H groups in total. The third-order valence-electron chi connectivity index (χ3n) is 2.10. The fourth-order valence-electron chi connectivity index (χ4n) is 1.27. The van der Waals surface area contributed by atoms with Crippen molar-refractivity contribution in [3.63, 3.8) is 0 Å². The normalized spacial score (nSPS) is 10.2. The van der Waals surface area contributed by atoms with E-state index >= 15 is 0 Å². The summed E-state index contributed by atoms with van der Waals surface area (Å²) in [6.07, 6.45) is 0. The van der Waals surface area contributed by atoms with Crippen LogP contribution in [0.4, 0.5) is 11.4 Å². The van der Waals surface area contributed by atoms with Gasteiger partial charge in [0.05, 0.1) is 11.4 Å². The molecule has 14 heavy (non-hydrogen) atoms. The summed E-state index contributed by atoms with van der Waals surface area (Å²) in [5, 5.41) is 3.11. The van der Waals surface area contributed by atoms with Crippen LogP contribution >= 0.6 is 15.9 Å². The number of benzene rings is 1. The Labute approximate surface area is 93.4 Å². The van der Waals surface area contributed by atoms with Crippen molar-refractivity contribution in [1.82, 2.24) is 5.32 Å². The van der Waals surface area contributed by atoms with Crippen LogP contribution < -0.4 is 16.0 Å². The molecule has 0 amide bonds. The standard InChI is InChI=1S/C10H16BrN3/c1-13-5-6-14(2)10-4-3-8(11)7-9(10)12/h3-4,7,13H,5-6,12H2,1-2H3. The number of halogens is 1. The van der Waals surface area contributed by atoms with Gasteiger partial charge in [0.15, 0.2) is 0 Å². The predicted molar refractivity (Wildman–Crippen MR) is 65.8 cm³/mol. The summed E-state index contributed by atoms with van der Waals surface area (Å²) in [4.78, 5) is 2.14. The smallest absolute Gasteiger partial charge is 0.0598 e. The maximum Gasteiger partial charge on any atom is 0.0598 e. The van der Waals surface area contributed by atoms with Crippen LogP contribution in [0.15, 0.2) is 22.7 Å². The zero-order chi connectivity index (χ0) is 10.6. The maximum absolute atomic E-state index is 5.90. The minimum atomic E-state index is 0.804. The molecule has 0 aliphatic rings. The first-order valence-corrected chi connectivity index (χ1v) is 5.35. The Kier molecular flexibility index (Phi) is 4.22. The van der Waals surface area contributed by atoms with Gasteiger partial charge in [-0.2, -0.15) is 0 Å². The van der Waals surface area contributed by atoms with Crippen LogP contribution in [-0.2, 0) is 0 Å². The number of nitrogens with two attached hydrogens (primary N) is 1. The molecule has 1 rings (SSSR count). The van der Waals surface area contributed by atoms with Crippen LogP contribution in [0.3, 0.4) is 0 Å². The monoisotopic (exact) mass is 257 g/mol. The van der Waals surface area contributed by atoms with Gasteiger partial charge in [-0.05, 0) is 25.2 Å². The van der Waals surface area contributed by atoms with E-state index in [4.69, 9.17) is 5.73 Å². The lowest BCUT2D eigenvalue weighted by Gasteiger charge is -2.20. The number of nitrogens with zero attached hydrogens (tertiary/aromatic N) is 1. The van der Waals surface area contributed by atoms with Crippen molar-refractivity contribution in [2.45, 2.75) is 0 Å². The Bertz CT molecular complexity index is 301. The summed E-state index contributed by atoms with van der Waals surface area (Å²) in [7, 11) is 3.98. The van der Waals surface area contributed by atoms with Crippen molar-refractivity contribution in [3.05, 3.63) is 22.7 Å². The molecule has 78 valence electrons. The number of anilines is 2. The Morgan fingerprint density at radius 3 is 2.79 bits per heavy atom. The van der Waals surface area contributed by atoms with Gasteiger partial charge in [0, 0.05) is 24.6 Å². The van der Waals surface area contributed by atoms with Crippen molar-refractivity contribution >= 4 is 27.3 Å². The largest absolute Gasteiger partial charge is 0.397 e. The molecule has 0 saturated carbocycles. The second-order valence-corrected chi connectivity index (χ2v) is 4.14. The van der Waals surface area contributed by atoms with E-state index in [9.17, 15) is 0 Å². The third kappa shape index (κ3) is 2.89. The highest BCUT2D eigenvalue weighted by molar-refractivity contribution is 9.10. The fourth-order valence-corrected chi connectivity index (χ4v) is 1.65. The number of nitrogen functional groups attached to an aromatic ring is 1. The maximum atomic E-state index is 5.90. The molecule has 1 aromatic rings. The van der Waals surface area contributed by atoms with Gasteiger partial charge < -0.3 is 16.0 Å². The average molecular weight is 258 g/mol. The molecule has 0 aromatic heterocycles. The summed E-state index contributed by atoms with van der Waals surface area (Å²) in [6.45, 7) is 1.90. The molecule has 1 aromatic carbocycles. The van der Waals surface area contributed by atoms with Gasteiger partial charge in [0.1, 0.15) is 0 Å². The molecule has 0 aliphatic heterocycles. The van der Waals surface area contributed by atoms with Crippen LogP contribution in [-0.4, -0.2) is 27.2 Å². The first-order valence-electron chi connectivity index (χ1n) is 4.56. The molecule has 0 fully saturated rings. The highest BCUT2D eigenvalue weighted by Crippen LogP contribution is 2.25. The van der Waals surface area contributed by atoms with Gasteiger partial charge in [-0.25, -0.2) is 0 Å². The number of rotatable bonds is 4. The van der Waals surface area contributed by atoms with Crippen LogP contribution in [0.1, 0.15) is 0 Å². The van der Waals surface area contributed by atoms with Crippen LogP contribution in [0.2, 0.25) is 0 Å². The first kappa shape index (κ1) is 11.3. The number of hydrogen-bond donors (Lipinski definition) is 2. The molecule has 0 spiro atoms. The lowest BCUT2D eigenvalue weighted by molar-refractivity contribution is 0.768. The summed E-state index contributed by atoms with van der Waals surface area (Å²) in [5.74, 6) is 0. The zero-order valence-corrected chi connectivity index (χ0v) is 10.1. The Morgan fingerprint density at radius 2 is 2.21 bits per heavy atom. The highest BCUT2D eigenvalue weighted by Gasteiger charge is 2.04. The predicted octanol–water partition coefficient (Wildman–Crippen LogP) is 1.69. The van der Waals surface area contributed by atoms with E-state index in [1.807, 2.05) is 32.3 Å². The lowest BCUT2D eigenvalue weighted by Crippen LogP contribution is -2.27. The third-order valence-corrected chi connectivity index (χ3v) is 2.59. The van der Waals surface area contributed by atoms with E-state index < -0.39 is 0 Å². The molecule has 0 atom stereocenters. The van der Waals surface area contributed by atoms with E-state index in [0.29, 0.717) is 0 Å². The summed E-state index contributed by atoms with van der Waals surface area (Å²) < 4.78 is 1.01. The van der Waals surface area contributed by atoms with Gasteiger partial charge in [0.2, 0.25) is 0 Å². The first-order chi connectivity index (χ1) is 6.65. The Morgan fingerprint density at radius 1 is 1.50 bits per heavy atom. The minimum absolute atomic E-state index is 0.804. The van der Waals surface area contributed by atoms with Gasteiger partial charge in [-0.15, -0.1) is 0 Å². The molecule has 0 bridgehead atoms. The van der Waals surface area contributed by atoms with E-state index in [0.717, 1.165) is 28.9 Å². The Balaban J connectivity index is 2.74. The lowest BCUT2D eigenvalue weighted by atomic mass is 10.2. The van der Waals surface area contributed by atoms with E-state index in [2.05, 4.69) is 26.1 Å². The average Bonchev–Trinajstić information content (AvgIpc) is 2.14. The number of hydrogen-bond acceptors (Lipinski definition) is 3. The molecule has 0 saturated heterocycles. The van der Waals surface area contributed by atoms with E-state index in [1.165, 1.54) is 0 Å². The SMILES string of the molecule is CNCCN(C)c1ccc(Br)cc1N. The fraction of sp³-hybridized carbons (Fsp3) is 0.400. The second-order valence-electron chi connectivity index (χ2n) is 3.23. The molecular formula is C10H16BrN3. The molecule has 0 heterocycles. The molecule has 3 nitrogen and oxygen atoms in total. The summed E-state index contributed by atoms with van der Waals surface area (Å²) >= 11 is 3.39. The van der Waals surface area contributed by atoms with Crippen LogP contribution in [0, 0.1) is 0 Å². The van der Waals surface area contributed by atoms with Crippen molar-refractivity contribution in [1.29, 1.82) is 0 Å². The molecule has 0 aliphatic carbocycles.